The van der Waals surface area contributed by atoms with Crippen LogP contribution >= 0.6 is 0 Å². The summed E-state index contributed by atoms with van der Waals surface area (Å²) in [5.74, 6) is 0.848. The number of nitrogens with zero attached hydrogens (tertiary/aromatic N) is 4. The standard InChI is InChI=1S/C18H29FN2O.C18H30N2O2/c1-4-18(22,13-16-6-5-7-17(19)12-16)15(2)14-21-10-8-20(3)9-11-21;1-5-18(21,16-8-6-7-9-17(16)22-4)15(2)14-20-12-10-19(3)11-13-20/h5-7,12,15,22H,4,8-11,13-14H2,1-3H3;6-9,15,21H,5,10-14H2,1-4H3. The topological polar surface area (TPSA) is 62.7 Å². The second-order valence-electron chi connectivity index (χ2n) is 13.3. The van der Waals surface area contributed by atoms with Gasteiger partial charge in [-0.25, -0.2) is 4.39 Å². The van der Waals surface area contributed by atoms with E-state index in [0.717, 1.165) is 82.3 Å². The zero-order valence-electron chi connectivity index (χ0n) is 28.4. The van der Waals surface area contributed by atoms with E-state index in [1.54, 1.807) is 13.2 Å². The van der Waals surface area contributed by atoms with Gasteiger partial charge in [0.25, 0.3) is 0 Å². The Kier molecular flexibility index (Phi) is 14.1. The lowest BCUT2D eigenvalue weighted by Crippen LogP contribution is -2.50. The number of hydrogen-bond acceptors (Lipinski definition) is 7. The Morgan fingerprint density at radius 3 is 1.82 bits per heavy atom. The van der Waals surface area contributed by atoms with Crippen molar-refractivity contribution in [1.82, 2.24) is 19.6 Å². The molecular weight excluding hydrogens is 555 g/mol. The third-order valence-corrected chi connectivity index (χ3v) is 10.1. The maximum absolute atomic E-state index is 13.4. The van der Waals surface area contributed by atoms with Gasteiger partial charge in [-0.3, -0.25) is 0 Å². The molecule has 2 fully saturated rings. The van der Waals surface area contributed by atoms with Gasteiger partial charge in [-0.05, 0) is 56.6 Å². The first-order valence-corrected chi connectivity index (χ1v) is 16.6. The minimum atomic E-state index is -0.851. The van der Waals surface area contributed by atoms with E-state index >= 15 is 0 Å². The van der Waals surface area contributed by atoms with Crippen molar-refractivity contribution in [2.75, 3.05) is 86.7 Å². The SMILES string of the molecule is CCC(O)(Cc1cccc(F)c1)C(C)CN1CCN(C)CC1.CCC(O)(c1ccccc1OC)C(C)CN1CCN(C)CC1. The molecule has 0 aromatic heterocycles. The van der Waals surface area contributed by atoms with Crippen LogP contribution in [0.3, 0.4) is 0 Å². The van der Waals surface area contributed by atoms with Crippen molar-refractivity contribution in [2.45, 2.75) is 58.2 Å². The molecule has 44 heavy (non-hydrogen) atoms. The van der Waals surface area contributed by atoms with Crippen molar-refractivity contribution in [3.05, 3.63) is 65.5 Å². The number of methoxy groups -OCH3 is 1. The van der Waals surface area contributed by atoms with E-state index in [2.05, 4.69) is 47.5 Å². The van der Waals surface area contributed by atoms with E-state index in [1.807, 2.05) is 44.2 Å². The van der Waals surface area contributed by atoms with Crippen LogP contribution in [0.2, 0.25) is 0 Å². The average molecular weight is 615 g/mol. The van der Waals surface area contributed by atoms with E-state index in [4.69, 9.17) is 4.74 Å². The molecular formula is C36H59FN4O3. The first-order valence-electron chi connectivity index (χ1n) is 16.6. The molecule has 0 radical (unpaired) electrons. The van der Waals surface area contributed by atoms with Crippen LogP contribution in [0.15, 0.2) is 48.5 Å². The van der Waals surface area contributed by atoms with E-state index in [0.29, 0.717) is 19.3 Å². The molecule has 4 rings (SSSR count). The number of aliphatic hydroxyl groups is 2. The summed E-state index contributed by atoms with van der Waals surface area (Å²) in [6, 6.07) is 14.4. The Hall–Kier alpha value is -2.07. The van der Waals surface area contributed by atoms with Gasteiger partial charge in [0.05, 0.1) is 18.3 Å². The molecule has 0 bridgehead atoms. The van der Waals surface area contributed by atoms with Crippen LogP contribution in [0.25, 0.3) is 0 Å². The highest BCUT2D eigenvalue weighted by molar-refractivity contribution is 5.38. The van der Waals surface area contributed by atoms with Gasteiger partial charge in [-0.15, -0.1) is 0 Å². The lowest BCUT2D eigenvalue weighted by molar-refractivity contribution is -0.0386. The molecule has 2 aliphatic rings. The summed E-state index contributed by atoms with van der Waals surface area (Å²) in [6.07, 6.45) is 1.87. The van der Waals surface area contributed by atoms with E-state index in [-0.39, 0.29) is 17.7 Å². The van der Waals surface area contributed by atoms with Crippen molar-refractivity contribution in [2.24, 2.45) is 11.8 Å². The number of hydrogen-bond donors (Lipinski definition) is 2. The lowest BCUT2D eigenvalue weighted by atomic mass is 9.79. The third kappa shape index (κ3) is 9.96. The zero-order chi connectivity index (χ0) is 32.3. The Balaban J connectivity index is 0.000000240. The third-order valence-electron chi connectivity index (χ3n) is 10.1. The Bertz CT molecular complexity index is 1120. The molecule has 7 nitrogen and oxygen atoms in total. The highest BCUT2D eigenvalue weighted by Gasteiger charge is 2.37. The van der Waals surface area contributed by atoms with Crippen molar-refractivity contribution >= 4 is 0 Å². The van der Waals surface area contributed by atoms with Crippen LogP contribution in [0, 0.1) is 17.7 Å². The Labute approximate surface area is 266 Å². The van der Waals surface area contributed by atoms with Gasteiger partial charge in [-0.2, -0.15) is 0 Å². The second kappa shape index (κ2) is 17.0. The molecule has 4 atom stereocenters. The quantitative estimate of drug-likeness (QED) is 0.363. The van der Waals surface area contributed by atoms with Crippen LogP contribution in [0.4, 0.5) is 4.39 Å². The van der Waals surface area contributed by atoms with Crippen LogP contribution in [0.5, 0.6) is 5.75 Å². The summed E-state index contributed by atoms with van der Waals surface area (Å²) in [6.45, 7) is 18.8. The number of likely N-dealkylation sites (N-methyl/N-ethyl adjacent to an activating group) is 2. The molecule has 0 saturated carbocycles. The number of ether oxygens (including phenoxy) is 1. The molecule has 8 heteroatoms. The normalized spacial score (nSPS) is 21.4. The molecule has 0 amide bonds. The first-order chi connectivity index (χ1) is 20.9. The maximum atomic E-state index is 13.4. The van der Waals surface area contributed by atoms with E-state index in [9.17, 15) is 14.6 Å². The highest BCUT2D eigenvalue weighted by atomic mass is 19.1. The molecule has 2 saturated heterocycles. The monoisotopic (exact) mass is 614 g/mol. The van der Waals surface area contributed by atoms with Gasteiger partial charge in [0.2, 0.25) is 0 Å². The van der Waals surface area contributed by atoms with Crippen molar-refractivity contribution in [1.29, 1.82) is 0 Å². The molecule has 2 heterocycles. The fourth-order valence-electron chi connectivity index (χ4n) is 6.61. The largest absolute Gasteiger partial charge is 0.496 e. The van der Waals surface area contributed by atoms with Gasteiger partial charge >= 0.3 is 0 Å². The summed E-state index contributed by atoms with van der Waals surface area (Å²) >= 11 is 0. The average Bonchev–Trinajstić information content (AvgIpc) is 3.03. The summed E-state index contributed by atoms with van der Waals surface area (Å²) < 4.78 is 18.8. The van der Waals surface area contributed by atoms with Gasteiger partial charge < -0.3 is 34.5 Å². The molecule has 2 aliphatic heterocycles. The Morgan fingerprint density at radius 1 is 0.773 bits per heavy atom. The summed E-state index contributed by atoms with van der Waals surface area (Å²) in [4.78, 5) is 9.57. The van der Waals surface area contributed by atoms with Crippen LogP contribution in [-0.2, 0) is 12.0 Å². The minimum absolute atomic E-state index is 0.150. The predicted molar refractivity (Wildman–Crippen MR) is 179 cm³/mol. The summed E-state index contributed by atoms with van der Waals surface area (Å²) in [7, 11) is 5.98. The highest BCUT2D eigenvalue weighted by Crippen LogP contribution is 2.38. The van der Waals surface area contributed by atoms with Crippen molar-refractivity contribution < 1.29 is 19.3 Å². The van der Waals surface area contributed by atoms with Crippen LogP contribution in [-0.4, -0.2) is 122 Å². The number of piperazine rings is 2. The Morgan fingerprint density at radius 2 is 1.32 bits per heavy atom. The lowest BCUT2D eigenvalue weighted by Gasteiger charge is -2.40. The van der Waals surface area contributed by atoms with Crippen LogP contribution in [0.1, 0.15) is 51.7 Å². The van der Waals surface area contributed by atoms with Gasteiger partial charge in [-0.1, -0.05) is 58.0 Å². The number of halogens is 1. The van der Waals surface area contributed by atoms with Gasteiger partial charge in [0, 0.05) is 83.3 Å². The molecule has 2 N–H and O–H groups in total. The molecule has 0 aliphatic carbocycles. The molecule has 248 valence electrons. The van der Waals surface area contributed by atoms with Gasteiger partial charge in [0.15, 0.2) is 0 Å². The number of rotatable bonds is 12. The first kappa shape index (κ1) is 36.4. The maximum Gasteiger partial charge on any atom is 0.124 e. The summed E-state index contributed by atoms with van der Waals surface area (Å²) in [5.41, 5.74) is 0.142. The molecule has 2 aromatic rings. The molecule has 2 aromatic carbocycles. The van der Waals surface area contributed by atoms with Crippen molar-refractivity contribution in [3.8, 4) is 5.75 Å². The second-order valence-corrected chi connectivity index (χ2v) is 13.3. The minimum Gasteiger partial charge on any atom is -0.496 e. The van der Waals surface area contributed by atoms with E-state index in [1.165, 1.54) is 12.1 Å². The zero-order valence-corrected chi connectivity index (χ0v) is 28.4. The van der Waals surface area contributed by atoms with E-state index < -0.39 is 11.2 Å². The number of para-hydroxylation sites is 1. The molecule has 4 unspecified atom stereocenters. The fraction of sp³-hybridized carbons (Fsp3) is 0.667. The van der Waals surface area contributed by atoms with Crippen molar-refractivity contribution in [3.63, 3.8) is 0 Å². The molecule has 0 spiro atoms. The van der Waals surface area contributed by atoms with Crippen LogP contribution < -0.4 is 4.74 Å². The summed E-state index contributed by atoms with van der Waals surface area (Å²) in [5, 5.41) is 22.4. The predicted octanol–water partition coefficient (Wildman–Crippen LogP) is 4.57. The van der Waals surface area contributed by atoms with Gasteiger partial charge in [0.1, 0.15) is 11.6 Å². The fourth-order valence-corrected chi connectivity index (χ4v) is 6.61. The number of benzene rings is 2. The smallest absolute Gasteiger partial charge is 0.124 e.